The highest BCUT2D eigenvalue weighted by Crippen LogP contribution is 2.33. The molecule has 0 spiro atoms. The summed E-state index contributed by atoms with van der Waals surface area (Å²) in [5.41, 5.74) is 4.24. The van der Waals surface area contributed by atoms with E-state index in [-0.39, 0.29) is 0 Å². The second-order valence-electron chi connectivity index (χ2n) is 7.01. The van der Waals surface area contributed by atoms with Crippen molar-refractivity contribution < 1.29 is 0 Å². The topological polar surface area (TPSA) is 15.3 Å². The maximum Gasteiger partial charge on any atom is 0.0398 e. The molecule has 3 atom stereocenters. The lowest BCUT2D eigenvalue weighted by molar-refractivity contribution is 0.297. The first kappa shape index (κ1) is 16.4. The number of rotatable bonds is 5. The summed E-state index contributed by atoms with van der Waals surface area (Å²) < 4.78 is 0. The van der Waals surface area contributed by atoms with Crippen LogP contribution < -0.4 is 10.2 Å². The summed E-state index contributed by atoms with van der Waals surface area (Å²) in [7, 11) is 0. The molecule has 1 N–H and O–H groups in total. The summed E-state index contributed by atoms with van der Waals surface area (Å²) in [5, 5.41) is 3.49. The molecule has 1 fully saturated rings. The Labute approximate surface area is 130 Å². The Morgan fingerprint density at radius 1 is 1.24 bits per heavy atom. The molecule has 21 heavy (non-hydrogen) atoms. The molecule has 118 valence electrons. The third-order valence-electron chi connectivity index (χ3n) is 4.92. The van der Waals surface area contributed by atoms with Crippen LogP contribution in [0.4, 0.5) is 5.69 Å². The first-order chi connectivity index (χ1) is 10.0. The van der Waals surface area contributed by atoms with Gasteiger partial charge in [-0.2, -0.15) is 0 Å². The average molecular weight is 288 g/mol. The van der Waals surface area contributed by atoms with Crippen LogP contribution in [0.15, 0.2) is 18.2 Å². The molecule has 2 nitrogen and oxygen atoms in total. The Balaban J connectivity index is 2.12. The Morgan fingerprint density at radius 2 is 2.00 bits per heavy atom. The monoisotopic (exact) mass is 288 g/mol. The number of nitrogens with one attached hydrogen (secondary N) is 1. The van der Waals surface area contributed by atoms with E-state index in [2.05, 4.69) is 63.0 Å². The Kier molecular flexibility index (Phi) is 5.69. The molecule has 1 aromatic carbocycles. The molecule has 0 saturated carbocycles. The van der Waals surface area contributed by atoms with Gasteiger partial charge >= 0.3 is 0 Å². The van der Waals surface area contributed by atoms with Gasteiger partial charge in [0.15, 0.2) is 0 Å². The second-order valence-corrected chi connectivity index (χ2v) is 7.01. The number of anilines is 1. The fourth-order valence-corrected chi connectivity index (χ4v) is 3.59. The Morgan fingerprint density at radius 3 is 2.67 bits per heavy atom. The summed E-state index contributed by atoms with van der Waals surface area (Å²) in [6, 6.07) is 7.62. The number of aryl methyl sites for hydroxylation is 1. The lowest BCUT2D eigenvalue weighted by Crippen LogP contribution is -2.46. The molecule has 3 unspecified atom stereocenters. The second kappa shape index (κ2) is 7.31. The van der Waals surface area contributed by atoms with Crippen LogP contribution >= 0.6 is 0 Å². The normalized spacial score (nSPS) is 26.1. The number of nitrogens with zero attached hydrogens (tertiary/aromatic N) is 1. The van der Waals surface area contributed by atoms with Crippen molar-refractivity contribution in [2.75, 3.05) is 18.0 Å². The standard InChI is InChI=1S/C19H32N2/c1-6-9-20-12-18-7-8-19(16(4)11-18)21-13-14(2)10-15(3)17(21)5/h7-8,11,14-15,17,20H,6,9-10,12-13H2,1-5H3. The molecule has 1 aliphatic rings. The van der Waals surface area contributed by atoms with Crippen LogP contribution in [0.5, 0.6) is 0 Å². The molecular weight excluding hydrogens is 256 g/mol. The molecule has 1 saturated heterocycles. The van der Waals surface area contributed by atoms with Crippen molar-refractivity contribution >= 4 is 5.69 Å². The number of benzene rings is 1. The predicted molar refractivity (Wildman–Crippen MR) is 92.9 cm³/mol. The third kappa shape index (κ3) is 4.00. The van der Waals surface area contributed by atoms with Gasteiger partial charge in [-0.15, -0.1) is 0 Å². The van der Waals surface area contributed by atoms with Gasteiger partial charge in [0.2, 0.25) is 0 Å². The predicted octanol–water partition coefficient (Wildman–Crippen LogP) is 4.37. The zero-order chi connectivity index (χ0) is 15.4. The zero-order valence-corrected chi connectivity index (χ0v) is 14.4. The number of piperidine rings is 1. The Hall–Kier alpha value is -1.02. The van der Waals surface area contributed by atoms with E-state index in [1.807, 2.05) is 0 Å². The first-order valence-corrected chi connectivity index (χ1v) is 8.59. The van der Waals surface area contributed by atoms with Gasteiger partial charge in [-0.05, 0) is 62.3 Å². The third-order valence-corrected chi connectivity index (χ3v) is 4.92. The molecule has 1 aliphatic heterocycles. The molecule has 0 aromatic heterocycles. The average Bonchev–Trinajstić information content (AvgIpc) is 2.44. The minimum atomic E-state index is 0.643. The van der Waals surface area contributed by atoms with Crippen molar-refractivity contribution in [1.29, 1.82) is 0 Å². The summed E-state index contributed by atoms with van der Waals surface area (Å²) in [5.74, 6) is 1.57. The highest BCUT2D eigenvalue weighted by atomic mass is 15.2. The fourth-order valence-electron chi connectivity index (χ4n) is 3.59. The zero-order valence-electron chi connectivity index (χ0n) is 14.4. The van der Waals surface area contributed by atoms with Crippen LogP contribution in [0, 0.1) is 18.8 Å². The lowest BCUT2D eigenvalue weighted by Gasteiger charge is -2.43. The van der Waals surface area contributed by atoms with Gasteiger partial charge in [0, 0.05) is 24.8 Å². The van der Waals surface area contributed by atoms with Crippen LogP contribution in [-0.2, 0) is 6.54 Å². The summed E-state index contributed by atoms with van der Waals surface area (Å²) in [6.45, 7) is 14.9. The minimum absolute atomic E-state index is 0.643. The summed E-state index contributed by atoms with van der Waals surface area (Å²) in [6.07, 6.45) is 2.55. The minimum Gasteiger partial charge on any atom is -0.368 e. The van der Waals surface area contributed by atoms with Crippen molar-refractivity contribution in [1.82, 2.24) is 5.32 Å². The van der Waals surface area contributed by atoms with Crippen molar-refractivity contribution in [3.05, 3.63) is 29.3 Å². The molecule has 1 heterocycles. The molecule has 0 aliphatic carbocycles. The SMILES string of the molecule is CCCNCc1ccc(N2CC(C)CC(C)C2C)c(C)c1. The van der Waals surface area contributed by atoms with E-state index >= 15 is 0 Å². The van der Waals surface area contributed by atoms with Gasteiger partial charge in [-0.3, -0.25) is 0 Å². The van der Waals surface area contributed by atoms with Gasteiger partial charge < -0.3 is 10.2 Å². The highest BCUT2D eigenvalue weighted by Gasteiger charge is 2.29. The smallest absolute Gasteiger partial charge is 0.0398 e. The van der Waals surface area contributed by atoms with E-state index < -0.39 is 0 Å². The van der Waals surface area contributed by atoms with Crippen molar-refractivity contribution in [2.24, 2.45) is 11.8 Å². The summed E-state index contributed by atoms with van der Waals surface area (Å²) in [4.78, 5) is 2.62. The van der Waals surface area contributed by atoms with Crippen LogP contribution in [0.25, 0.3) is 0 Å². The molecular formula is C19H32N2. The van der Waals surface area contributed by atoms with E-state index in [0.29, 0.717) is 6.04 Å². The first-order valence-electron chi connectivity index (χ1n) is 8.59. The molecule has 2 heteroatoms. The van der Waals surface area contributed by atoms with E-state index in [0.717, 1.165) is 24.9 Å². The molecule has 0 radical (unpaired) electrons. The van der Waals surface area contributed by atoms with Crippen molar-refractivity contribution in [3.63, 3.8) is 0 Å². The molecule has 2 rings (SSSR count). The maximum absolute atomic E-state index is 3.49. The lowest BCUT2D eigenvalue weighted by atomic mass is 9.85. The van der Waals surface area contributed by atoms with E-state index in [9.17, 15) is 0 Å². The Bertz CT molecular complexity index is 455. The van der Waals surface area contributed by atoms with E-state index in [1.54, 1.807) is 0 Å². The largest absolute Gasteiger partial charge is 0.368 e. The van der Waals surface area contributed by atoms with Crippen LogP contribution in [0.2, 0.25) is 0 Å². The van der Waals surface area contributed by atoms with E-state index in [4.69, 9.17) is 0 Å². The molecule has 0 amide bonds. The number of hydrogen-bond donors (Lipinski definition) is 1. The van der Waals surface area contributed by atoms with Gasteiger partial charge in [0.05, 0.1) is 0 Å². The van der Waals surface area contributed by atoms with Crippen molar-refractivity contribution in [2.45, 2.75) is 60.0 Å². The van der Waals surface area contributed by atoms with Crippen molar-refractivity contribution in [3.8, 4) is 0 Å². The van der Waals surface area contributed by atoms with Crippen LogP contribution in [-0.4, -0.2) is 19.1 Å². The van der Waals surface area contributed by atoms with Crippen LogP contribution in [0.1, 0.15) is 51.7 Å². The van der Waals surface area contributed by atoms with Gasteiger partial charge in [0.25, 0.3) is 0 Å². The molecule has 1 aromatic rings. The molecule has 0 bridgehead atoms. The van der Waals surface area contributed by atoms with Gasteiger partial charge in [-0.1, -0.05) is 32.9 Å². The maximum atomic E-state index is 3.49. The highest BCUT2D eigenvalue weighted by molar-refractivity contribution is 5.55. The number of hydrogen-bond acceptors (Lipinski definition) is 2. The van der Waals surface area contributed by atoms with E-state index in [1.165, 1.54) is 36.2 Å². The summed E-state index contributed by atoms with van der Waals surface area (Å²) >= 11 is 0. The van der Waals surface area contributed by atoms with Gasteiger partial charge in [0.1, 0.15) is 0 Å². The quantitative estimate of drug-likeness (QED) is 0.810. The van der Waals surface area contributed by atoms with Gasteiger partial charge in [-0.25, -0.2) is 0 Å². The van der Waals surface area contributed by atoms with Crippen LogP contribution in [0.3, 0.4) is 0 Å². The fraction of sp³-hybridized carbons (Fsp3) is 0.684.